The number of carbonyl (C=O) groups excluding carboxylic acids is 2. The van der Waals surface area contributed by atoms with E-state index in [1.807, 2.05) is 0 Å². The lowest BCUT2D eigenvalue weighted by Gasteiger charge is -2.26. The molecule has 0 saturated heterocycles. The summed E-state index contributed by atoms with van der Waals surface area (Å²) in [6, 6.07) is 6.99. The first-order chi connectivity index (χ1) is 14.8. The van der Waals surface area contributed by atoms with Crippen LogP contribution in [0.15, 0.2) is 30.3 Å². The molecule has 32 heavy (non-hydrogen) atoms. The van der Waals surface area contributed by atoms with E-state index in [2.05, 4.69) is 10.1 Å². The van der Waals surface area contributed by atoms with Gasteiger partial charge in [0.2, 0.25) is 17.4 Å². The van der Waals surface area contributed by atoms with Crippen LogP contribution in [0, 0.1) is 23.3 Å². The van der Waals surface area contributed by atoms with Crippen molar-refractivity contribution in [3.8, 4) is 5.75 Å². The number of benzene rings is 2. The van der Waals surface area contributed by atoms with Crippen molar-refractivity contribution in [3.63, 3.8) is 0 Å². The fraction of sp³-hybridized carbons (Fsp3) is 0.333. The van der Waals surface area contributed by atoms with Crippen LogP contribution < -0.4 is 15.4 Å². The number of alkyl carbamates (subject to hydrolysis) is 1. The van der Waals surface area contributed by atoms with Gasteiger partial charge in [-0.25, -0.2) is 18.4 Å². The molecule has 2 aromatic rings. The van der Waals surface area contributed by atoms with Gasteiger partial charge in [0.25, 0.3) is 0 Å². The molecule has 1 unspecified atom stereocenters. The Hall–Kier alpha value is -2.71. The average Bonchev–Trinajstić information content (AvgIpc) is 2.72. The quantitative estimate of drug-likeness (QED) is 0.221. The normalized spacial score (nSPS) is 13.3. The molecule has 0 aliphatic heterocycles. The first-order valence-electron chi connectivity index (χ1n) is 9.36. The van der Waals surface area contributed by atoms with Gasteiger partial charge in [0.1, 0.15) is 5.60 Å². The summed E-state index contributed by atoms with van der Waals surface area (Å²) in [5.74, 6) is -10.7. The topological polar surface area (TPSA) is 84.9 Å². The average molecular weight is 475 g/mol. The third-order valence-electron chi connectivity index (χ3n) is 4.08. The molecule has 1 amide bonds. The van der Waals surface area contributed by atoms with Crippen molar-refractivity contribution < 1.29 is 41.7 Å². The van der Waals surface area contributed by atoms with E-state index in [0.29, 0.717) is 5.56 Å². The second-order valence-corrected chi connectivity index (χ2v) is 8.38. The Kier molecular flexibility index (Phi) is 8.20. The zero-order valence-corrected chi connectivity index (χ0v) is 18.6. The van der Waals surface area contributed by atoms with Crippen LogP contribution in [0.2, 0.25) is 0 Å². The summed E-state index contributed by atoms with van der Waals surface area (Å²) in [7, 11) is 1.49. The van der Waals surface area contributed by atoms with E-state index < -0.39 is 64.1 Å². The van der Waals surface area contributed by atoms with Crippen LogP contribution >= 0.6 is 9.24 Å². The Labute approximate surface area is 184 Å². The summed E-state index contributed by atoms with van der Waals surface area (Å²) >= 11 is 0. The maximum absolute atomic E-state index is 14.0. The molecule has 0 aliphatic carbocycles. The Balaban J connectivity index is 2.29. The van der Waals surface area contributed by atoms with Gasteiger partial charge < -0.3 is 19.9 Å². The molecule has 0 spiro atoms. The number of hydrogen-bond donors (Lipinski definition) is 2. The van der Waals surface area contributed by atoms with E-state index in [9.17, 15) is 32.3 Å². The van der Waals surface area contributed by atoms with E-state index in [0.717, 1.165) is 0 Å². The highest BCUT2D eigenvalue weighted by atomic mass is 31.0. The molecule has 0 aliphatic rings. The first-order valence-corrected chi connectivity index (χ1v) is 9.94. The summed E-state index contributed by atoms with van der Waals surface area (Å²) in [6.07, 6.45) is -3.25. The van der Waals surface area contributed by atoms with E-state index in [1.54, 1.807) is 51.1 Å². The number of amides is 1. The Morgan fingerprint density at radius 2 is 1.56 bits per heavy atom. The summed E-state index contributed by atoms with van der Waals surface area (Å²) < 4.78 is 65.1. The number of rotatable bonds is 6. The van der Waals surface area contributed by atoms with Gasteiger partial charge in [0.15, 0.2) is 17.7 Å². The van der Waals surface area contributed by atoms with Crippen molar-refractivity contribution >= 4 is 26.6 Å². The minimum absolute atomic E-state index is 0.103. The molecule has 174 valence electrons. The van der Waals surface area contributed by atoms with E-state index in [1.165, 1.54) is 9.24 Å². The van der Waals surface area contributed by atoms with Crippen LogP contribution in [0.1, 0.15) is 26.3 Å². The number of carbonyl (C=O) groups is 2. The number of ether oxygens (including phenoxy) is 2. The lowest BCUT2D eigenvalue weighted by atomic mass is 10.0. The third kappa shape index (κ3) is 6.40. The van der Waals surface area contributed by atoms with Crippen molar-refractivity contribution in [1.29, 1.82) is 0 Å². The summed E-state index contributed by atoms with van der Waals surface area (Å²) in [6.45, 7) is 4.77. The number of nitrogens with one attached hydrogen (secondary N) is 1. The molecular formula is C21H22F4NO5P. The summed E-state index contributed by atoms with van der Waals surface area (Å²) in [5, 5.41) is 11.7. The molecule has 11 heteroatoms. The standard InChI is InChI=1S/C21H22F4NO5P/c1-21(2,3)31-20(29)26-11(9-10-7-5-4-6-8-10)16(27)19(28)30-17-12(22)14(24)18(32)15(25)13(17)23/h4-8,11,16,27H,9,32H2,1-3H3,(H,26,29)/t11-,16+/m1/s1. The molecular weight excluding hydrogens is 453 g/mol. The lowest BCUT2D eigenvalue weighted by Crippen LogP contribution is -2.50. The van der Waals surface area contributed by atoms with Crippen LogP contribution in [0.4, 0.5) is 22.4 Å². The van der Waals surface area contributed by atoms with Crippen LogP contribution in [0.5, 0.6) is 5.75 Å². The number of aliphatic hydroxyl groups is 1. The molecule has 6 nitrogen and oxygen atoms in total. The highest BCUT2D eigenvalue weighted by Gasteiger charge is 2.34. The Bertz CT molecular complexity index is 969. The second kappa shape index (κ2) is 10.3. The van der Waals surface area contributed by atoms with Crippen LogP contribution in [0.25, 0.3) is 0 Å². The van der Waals surface area contributed by atoms with Crippen molar-refractivity contribution in [2.45, 2.75) is 44.9 Å². The van der Waals surface area contributed by atoms with Crippen molar-refractivity contribution in [2.75, 3.05) is 0 Å². The molecule has 2 N–H and O–H groups in total. The molecule has 0 heterocycles. The Morgan fingerprint density at radius 1 is 1.03 bits per heavy atom. The number of halogens is 4. The largest absolute Gasteiger partial charge is 0.444 e. The number of esters is 1. The van der Waals surface area contributed by atoms with Gasteiger partial charge in [-0.1, -0.05) is 39.6 Å². The predicted octanol–water partition coefficient (Wildman–Crippen LogP) is 3.15. The Morgan fingerprint density at radius 3 is 2.06 bits per heavy atom. The van der Waals surface area contributed by atoms with Gasteiger partial charge in [-0.2, -0.15) is 8.78 Å². The zero-order chi connectivity index (χ0) is 24.2. The lowest BCUT2D eigenvalue weighted by molar-refractivity contribution is -0.145. The molecule has 0 aromatic heterocycles. The smallest absolute Gasteiger partial charge is 0.407 e. The molecule has 0 bridgehead atoms. The van der Waals surface area contributed by atoms with Gasteiger partial charge in [-0.15, -0.1) is 0 Å². The first kappa shape index (κ1) is 25.5. The number of hydrogen-bond acceptors (Lipinski definition) is 5. The van der Waals surface area contributed by atoms with Gasteiger partial charge in [0, 0.05) is 5.30 Å². The fourth-order valence-corrected chi connectivity index (χ4v) is 2.87. The van der Waals surface area contributed by atoms with Gasteiger partial charge >= 0.3 is 12.1 Å². The molecule has 2 rings (SSSR count). The minimum atomic E-state index is -2.16. The second-order valence-electron chi connectivity index (χ2n) is 7.81. The fourth-order valence-electron chi connectivity index (χ4n) is 2.61. The maximum atomic E-state index is 14.0. The maximum Gasteiger partial charge on any atom is 0.407 e. The number of aliphatic hydroxyl groups excluding tert-OH is 1. The van der Waals surface area contributed by atoms with Gasteiger partial charge in [-0.05, 0) is 32.8 Å². The molecule has 3 atom stereocenters. The van der Waals surface area contributed by atoms with Crippen molar-refractivity contribution in [1.82, 2.24) is 5.32 Å². The zero-order valence-electron chi connectivity index (χ0n) is 17.4. The molecule has 0 fully saturated rings. The van der Waals surface area contributed by atoms with E-state index >= 15 is 0 Å². The molecule has 2 aromatic carbocycles. The highest BCUT2D eigenvalue weighted by Crippen LogP contribution is 2.27. The highest BCUT2D eigenvalue weighted by molar-refractivity contribution is 7.27. The minimum Gasteiger partial charge on any atom is -0.444 e. The van der Waals surface area contributed by atoms with Crippen LogP contribution in [-0.4, -0.2) is 34.9 Å². The van der Waals surface area contributed by atoms with Crippen molar-refractivity contribution in [2.24, 2.45) is 0 Å². The third-order valence-corrected chi connectivity index (χ3v) is 4.59. The predicted molar refractivity (Wildman–Crippen MR) is 111 cm³/mol. The molecule has 0 saturated carbocycles. The summed E-state index contributed by atoms with van der Waals surface area (Å²) in [5.41, 5.74) is -0.309. The van der Waals surface area contributed by atoms with Gasteiger partial charge in [0.05, 0.1) is 6.04 Å². The van der Waals surface area contributed by atoms with Crippen LogP contribution in [-0.2, 0) is 16.0 Å². The van der Waals surface area contributed by atoms with Crippen LogP contribution in [0.3, 0.4) is 0 Å². The molecule has 0 radical (unpaired) electrons. The SMILES string of the molecule is CC(C)(C)OC(=O)N[C@H](Cc1ccccc1)[C@H](O)C(=O)Oc1c(F)c(F)c(P)c(F)c1F. The monoisotopic (exact) mass is 475 g/mol. The van der Waals surface area contributed by atoms with Gasteiger partial charge in [-0.3, -0.25) is 0 Å². The summed E-state index contributed by atoms with van der Waals surface area (Å²) in [4.78, 5) is 24.5. The van der Waals surface area contributed by atoms with E-state index in [4.69, 9.17) is 4.74 Å². The van der Waals surface area contributed by atoms with Crippen molar-refractivity contribution in [3.05, 3.63) is 59.2 Å². The van der Waals surface area contributed by atoms with E-state index in [-0.39, 0.29) is 6.42 Å².